The van der Waals surface area contributed by atoms with E-state index in [1.807, 2.05) is 54.6 Å². The minimum Gasteiger partial charge on any atom is -0.494 e. The topological polar surface area (TPSA) is 115 Å². The van der Waals surface area contributed by atoms with Crippen LogP contribution >= 0.6 is 8.60 Å². The molecule has 0 saturated heterocycles. The lowest BCUT2D eigenvalue weighted by molar-refractivity contribution is -0.922. The second kappa shape index (κ2) is 13.4. The van der Waals surface area contributed by atoms with Crippen LogP contribution in [0.5, 0.6) is 17.2 Å². The molecule has 0 heterocycles. The summed E-state index contributed by atoms with van der Waals surface area (Å²) in [6.45, 7) is 0.685. The maximum atomic E-state index is 11.0. The van der Waals surface area contributed by atoms with Gasteiger partial charge in [0.25, 0.3) is 0 Å². The van der Waals surface area contributed by atoms with Crippen molar-refractivity contribution in [2.75, 3.05) is 34.4 Å². The number of aliphatic carboxylic acids is 1. The number of carboxylic acid groups (broad SMARTS) is 1. The normalized spacial score (nSPS) is 14.3. The van der Waals surface area contributed by atoms with Crippen molar-refractivity contribution in [3.8, 4) is 17.2 Å². The van der Waals surface area contributed by atoms with E-state index in [0.29, 0.717) is 19.4 Å². The minimum atomic E-state index is -2.31. The summed E-state index contributed by atoms with van der Waals surface area (Å²) in [5.74, 6) is 1.07. The monoisotopic (exact) mass is 482 g/mol. The Morgan fingerprint density at radius 3 is 2.12 bits per heavy atom. The molecule has 9 nitrogen and oxygen atoms in total. The molecule has 3 atom stereocenters. The van der Waals surface area contributed by atoms with E-state index in [-0.39, 0.29) is 11.1 Å². The molecule has 0 spiro atoms. The maximum Gasteiger partial charge on any atom is 0.330 e. The average molecular weight is 482 g/mol. The van der Waals surface area contributed by atoms with E-state index in [1.165, 1.54) is 0 Å². The summed E-state index contributed by atoms with van der Waals surface area (Å²) in [6.07, 6.45) is -1.36. The van der Waals surface area contributed by atoms with Crippen molar-refractivity contribution in [3.05, 3.63) is 54.6 Å². The fourth-order valence-corrected chi connectivity index (χ4v) is 3.54. The van der Waals surface area contributed by atoms with Crippen LogP contribution in [-0.2, 0) is 13.8 Å². The summed E-state index contributed by atoms with van der Waals surface area (Å²) in [4.78, 5) is 21.0. The number of quaternary nitrogens is 1. The number of para-hydroxylation sites is 1. The number of carboxylic acids is 1. The van der Waals surface area contributed by atoms with Crippen molar-refractivity contribution in [3.63, 3.8) is 0 Å². The number of hydrogen-bond donors (Lipinski definition) is 3. The number of nitrogens with zero attached hydrogens (tertiary/aromatic N) is 1. The highest BCUT2D eigenvalue weighted by molar-refractivity contribution is 7.40. The number of likely N-dealkylation sites (N-methyl/N-ethyl adjacent to an activating group) is 1. The van der Waals surface area contributed by atoms with Crippen molar-refractivity contribution in [1.82, 2.24) is 0 Å². The van der Waals surface area contributed by atoms with E-state index in [9.17, 15) is 14.8 Å². The number of unbranched alkanes of at least 4 members (excludes halogenated alkanes) is 1. The second-order valence-corrected chi connectivity index (χ2v) is 9.23. The van der Waals surface area contributed by atoms with Gasteiger partial charge in [-0.15, -0.1) is 0 Å². The van der Waals surface area contributed by atoms with Gasteiger partial charge < -0.3 is 33.6 Å². The highest BCUT2D eigenvalue weighted by Gasteiger charge is 2.35. The van der Waals surface area contributed by atoms with Gasteiger partial charge in [0.2, 0.25) is 6.23 Å². The third-order valence-corrected chi connectivity index (χ3v) is 5.39. The fraction of sp³-hybridized carbons (Fsp3) is 0.435. The molecule has 182 valence electrons. The van der Waals surface area contributed by atoms with E-state index in [1.54, 1.807) is 21.1 Å². The van der Waals surface area contributed by atoms with Crippen LogP contribution in [0.25, 0.3) is 0 Å². The van der Waals surface area contributed by atoms with Gasteiger partial charge in [0, 0.05) is 0 Å². The highest BCUT2D eigenvalue weighted by atomic mass is 31.2. The minimum absolute atomic E-state index is 0.0673. The van der Waals surface area contributed by atoms with Crippen molar-refractivity contribution in [2.24, 2.45) is 0 Å². The van der Waals surface area contributed by atoms with Gasteiger partial charge in [0.05, 0.1) is 40.8 Å². The van der Waals surface area contributed by atoms with Gasteiger partial charge >= 0.3 is 14.6 Å². The van der Waals surface area contributed by atoms with Crippen LogP contribution in [0.3, 0.4) is 0 Å². The highest BCUT2D eigenvalue weighted by Crippen LogP contribution is 2.37. The molecule has 0 fully saturated rings. The summed E-state index contributed by atoms with van der Waals surface area (Å²) in [6, 6.07) is 16.8. The number of benzene rings is 2. The lowest BCUT2D eigenvalue weighted by atomic mass is 10.2. The first-order chi connectivity index (χ1) is 15.6. The molecule has 0 bridgehead atoms. The van der Waals surface area contributed by atoms with Crippen LogP contribution in [0.4, 0.5) is 0 Å². The van der Waals surface area contributed by atoms with Crippen LogP contribution < -0.4 is 9.47 Å². The molecule has 0 saturated carbocycles. The molecular weight excluding hydrogens is 449 g/mol. The van der Waals surface area contributed by atoms with Gasteiger partial charge in [-0.05, 0) is 49.2 Å². The SMILES string of the molecule is C[N+](C)(C)C(O)[C@@H](CC(=O)O)OP(O)OCCCCOc1ccc(Oc2ccccc2)cc1. The summed E-state index contributed by atoms with van der Waals surface area (Å²) >= 11 is 0. The molecule has 33 heavy (non-hydrogen) atoms. The zero-order chi connectivity index (χ0) is 24.3. The maximum absolute atomic E-state index is 11.0. The second-order valence-electron chi connectivity index (χ2n) is 8.28. The van der Waals surface area contributed by atoms with Gasteiger partial charge in [0.1, 0.15) is 17.2 Å². The first-order valence-electron chi connectivity index (χ1n) is 10.6. The average Bonchev–Trinajstić information content (AvgIpc) is 2.76. The summed E-state index contributed by atoms with van der Waals surface area (Å²) < 4.78 is 22.0. The molecule has 2 unspecified atom stereocenters. The van der Waals surface area contributed by atoms with Crippen molar-refractivity contribution in [1.29, 1.82) is 0 Å². The van der Waals surface area contributed by atoms with Crippen molar-refractivity contribution in [2.45, 2.75) is 31.6 Å². The van der Waals surface area contributed by atoms with E-state index in [0.717, 1.165) is 17.2 Å². The number of carbonyl (C=O) groups is 1. The smallest absolute Gasteiger partial charge is 0.330 e. The molecule has 10 heteroatoms. The molecule has 0 aromatic heterocycles. The Balaban J connectivity index is 1.64. The molecular formula is C23H33NO8P+. The van der Waals surface area contributed by atoms with E-state index < -0.39 is 33.3 Å². The zero-order valence-corrected chi connectivity index (χ0v) is 20.1. The van der Waals surface area contributed by atoms with Gasteiger partial charge in [-0.1, -0.05) is 18.2 Å². The first-order valence-corrected chi connectivity index (χ1v) is 11.7. The zero-order valence-electron chi connectivity index (χ0n) is 19.2. The molecule has 0 radical (unpaired) electrons. The predicted molar refractivity (Wildman–Crippen MR) is 124 cm³/mol. The molecule has 0 aliphatic carbocycles. The van der Waals surface area contributed by atoms with Crippen LogP contribution in [-0.4, -0.2) is 72.2 Å². The summed E-state index contributed by atoms with van der Waals surface area (Å²) in [7, 11) is 2.80. The van der Waals surface area contributed by atoms with Gasteiger partial charge in [0.15, 0.2) is 6.10 Å². The van der Waals surface area contributed by atoms with Gasteiger partial charge in [-0.2, -0.15) is 0 Å². The van der Waals surface area contributed by atoms with E-state index >= 15 is 0 Å². The standard InChI is InChI=1S/C23H32NO8P/c1-24(2,3)23(27)21(17-22(25)26)32-33(28)30-16-8-7-15-29-18-11-13-20(14-12-18)31-19-9-5-4-6-10-19/h4-6,9-14,21,23,27-28H,7-8,15-17H2,1-3H3/p+1/t21-,23?,33?/m1/s1. The van der Waals surface area contributed by atoms with Crippen LogP contribution in [0.2, 0.25) is 0 Å². The molecule has 2 rings (SSSR count). The Hall–Kier alpha value is -2.26. The third kappa shape index (κ3) is 10.5. The van der Waals surface area contributed by atoms with Crippen molar-refractivity contribution >= 4 is 14.6 Å². The van der Waals surface area contributed by atoms with E-state index in [2.05, 4.69) is 0 Å². The summed E-state index contributed by atoms with van der Waals surface area (Å²) in [5, 5.41) is 19.3. The lowest BCUT2D eigenvalue weighted by Crippen LogP contribution is -2.52. The number of aliphatic hydroxyl groups is 1. The van der Waals surface area contributed by atoms with Crippen LogP contribution in [0, 0.1) is 0 Å². The van der Waals surface area contributed by atoms with Gasteiger partial charge in [-0.25, -0.2) is 0 Å². The molecule has 0 aliphatic rings. The summed E-state index contributed by atoms with van der Waals surface area (Å²) in [5.41, 5.74) is 0. The molecule has 0 aliphatic heterocycles. The molecule has 0 amide bonds. The Kier molecular flexibility index (Phi) is 11.0. The van der Waals surface area contributed by atoms with Crippen LogP contribution in [0.1, 0.15) is 19.3 Å². The number of aliphatic hydroxyl groups excluding tert-OH is 1. The number of hydrogen-bond acceptors (Lipinski definition) is 7. The quantitative estimate of drug-likeness (QED) is 0.152. The van der Waals surface area contributed by atoms with Gasteiger partial charge in [-0.3, -0.25) is 9.32 Å². The third-order valence-electron chi connectivity index (χ3n) is 4.54. The predicted octanol–water partition coefficient (Wildman–Crippen LogP) is 3.76. The first kappa shape index (κ1) is 27.0. The molecule has 3 N–H and O–H groups in total. The Bertz CT molecular complexity index is 829. The Morgan fingerprint density at radius 1 is 0.939 bits per heavy atom. The fourth-order valence-electron chi connectivity index (χ4n) is 2.78. The lowest BCUT2D eigenvalue weighted by Gasteiger charge is -2.34. The number of rotatable bonds is 15. The molecule has 2 aromatic carbocycles. The number of ether oxygens (including phenoxy) is 2. The van der Waals surface area contributed by atoms with Crippen LogP contribution in [0.15, 0.2) is 54.6 Å². The molecule has 2 aromatic rings. The van der Waals surface area contributed by atoms with Crippen molar-refractivity contribution < 1.29 is 42.9 Å². The van der Waals surface area contributed by atoms with E-state index in [4.69, 9.17) is 23.6 Å². The Labute approximate surface area is 195 Å². The largest absolute Gasteiger partial charge is 0.494 e. The Morgan fingerprint density at radius 2 is 1.52 bits per heavy atom.